The molecule has 0 unspecified atom stereocenters. The van der Waals surface area contributed by atoms with E-state index in [2.05, 4.69) is 26.1 Å². The van der Waals surface area contributed by atoms with Crippen LogP contribution in [0.2, 0.25) is 0 Å². The van der Waals surface area contributed by atoms with Gasteiger partial charge in [0.25, 0.3) is 5.91 Å². The van der Waals surface area contributed by atoms with E-state index >= 15 is 0 Å². The molecule has 26 heavy (non-hydrogen) atoms. The number of hydrogen-bond donors (Lipinski definition) is 2. The van der Waals surface area contributed by atoms with Crippen molar-refractivity contribution in [2.24, 2.45) is 5.73 Å². The maximum Gasteiger partial charge on any atom is 0.250 e. The molecule has 0 spiro atoms. The molecule has 142 valence electrons. The summed E-state index contributed by atoms with van der Waals surface area (Å²) >= 11 is 0. The number of rotatable bonds is 6. The molecule has 0 saturated carbocycles. The molecule has 0 atom stereocenters. The van der Waals surface area contributed by atoms with Crippen molar-refractivity contribution in [2.45, 2.75) is 46.1 Å². The van der Waals surface area contributed by atoms with Crippen LogP contribution in [0.25, 0.3) is 0 Å². The molecule has 1 heterocycles. The average molecular weight is 360 g/mol. The molecule has 1 amide bonds. The first kappa shape index (κ1) is 19.6. The van der Waals surface area contributed by atoms with Crippen LogP contribution in [0, 0.1) is 0 Å². The number of nitrogens with one attached hydrogen (secondary N) is 1. The Morgan fingerprint density at radius 2 is 1.73 bits per heavy atom. The van der Waals surface area contributed by atoms with Gasteiger partial charge in [0.1, 0.15) is 5.82 Å². The van der Waals surface area contributed by atoms with Gasteiger partial charge in [-0.15, -0.1) is 0 Å². The van der Waals surface area contributed by atoms with Gasteiger partial charge in [-0.3, -0.25) is 4.79 Å². The highest BCUT2D eigenvalue weighted by atomic mass is 16.5. The average Bonchev–Trinajstić information content (AvgIpc) is 2.98. The first-order chi connectivity index (χ1) is 12.1. The Morgan fingerprint density at radius 1 is 1.15 bits per heavy atom. The van der Waals surface area contributed by atoms with E-state index in [1.54, 1.807) is 19.2 Å². The topological polar surface area (TPSA) is 91.4 Å². The zero-order chi connectivity index (χ0) is 19.6. The zero-order valence-corrected chi connectivity index (χ0v) is 16.5. The first-order valence-corrected chi connectivity index (χ1v) is 8.51. The van der Waals surface area contributed by atoms with Crippen LogP contribution in [0.4, 0.5) is 11.5 Å². The molecule has 0 saturated heterocycles. The van der Waals surface area contributed by atoms with Gasteiger partial charge in [-0.2, -0.15) is 5.10 Å². The Bertz CT molecular complexity index is 804. The van der Waals surface area contributed by atoms with Crippen LogP contribution >= 0.6 is 0 Å². The van der Waals surface area contributed by atoms with Crippen molar-refractivity contribution < 1.29 is 14.3 Å². The highest BCUT2D eigenvalue weighted by Crippen LogP contribution is 2.35. The third-order valence-electron chi connectivity index (χ3n) is 4.05. The minimum atomic E-state index is -0.555. The fourth-order valence-corrected chi connectivity index (χ4v) is 2.57. The maximum absolute atomic E-state index is 11.9. The summed E-state index contributed by atoms with van der Waals surface area (Å²) in [5, 5.41) is 8.00. The summed E-state index contributed by atoms with van der Waals surface area (Å²) in [5.74, 6) is 1.17. The van der Waals surface area contributed by atoms with Crippen molar-refractivity contribution in [2.75, 3.05) is 19.5 Å². The van der Waals surface area contributed by atoms with Gasteiger partial charge >= 0.3 is 0 Å². The van der Waals surface area contributed by atoms with E-state index in [1.165, 1.54) is 7.11 Å². The lowest BCUT2D eigenvalue weighted by Crippen LogP contribution is -2.15. The van der Waals surface area contributed by atoms with Crippen molar-refractivity contribution >= 4 is 17.4 Å². The number of hydrogen-bond acceptors (Lipinski definition) is 5. The minimum Gasteiger partial charge on any atom is -0.493 e. The van der Waals surface area contributed by atoms with Crippen molar-refractivity contribution in [3.8, 4) is 11.5 Å². The molecule has 2 aromatic rings. The molecule has 2 rings (SSSR count). The molecule has 1 aromatic heterocycles. The Labute approximate surface area is 154 Å². The Balaban J connectivity index is 2.57. The van der Waals surface area contributed by atoms with Crippen molar-refractivity contribution in [1.29, 1.82) is 0 Å². The molecule has 0 aliphatic rings. The van der Waals surface area contributed by atoms with Gasteiger partial charge in [0, 0.05) is 23.6 Å². The molecule has 0 radical (unpaired) electrons. The predicted octanol–water partition coefficient (Wildman–Crippen LogP) is 3.62. The lowest BCUT2D eigenvalue weighted by atomic mass is 9.92. The van der Waals surface area contributed by atoms with Gasteiger partial charge in [0.15, 0.2) is 11.5 Å². The fourth-order valence-electron chi connectivity index (χ4n) is 2.57. The number of carbonyl (C=O) groups excluding carboxylic acids is 1. The molecule has 0 fully saturated rings. The van der Waals surface area contributed by atoms with E-state index in [-0.39, 0.29) is 11.5 Å². The lowest BCUT2D eigenvalue weighted by Gasteiger charge is -2.17. The van der Waals surface area contributed by atoms with Crippen LogP contribution in [0.15, 0.2) is 18.2 Å². The number of carbonyl (C=O) groups is 1. The van der Waals surface area contributed by atoms with Crippen molar-refractivity contribution in [1.82, 2.24) is 9.78 Å². The first-order valence-electron chi connectivity index (χ1n) is 8.51. The fraction of sp³-hybridized carbons (Fsp3) is 0.474. The normalized spacial score (nSPS) is 11.5. The monoisotopic (exact) mass is 360 g/mol. The summed E-state index contributed by atoms with van der Waals surface area (Å²) in [4.78, 5) is 11.9. The summed E-state index contributed by atoms with van der Waals surface area (Å²) in [5.41, 5.74) is 7.27. The molecule has 0 bridgehead atoms. The van der Waals surface area contributed by atoms with Crippen LogP contribution in [0.5, 0.6) is 11.5 Å². The van der Waals surface area contributed by atoms with Crippen molar-refractivity contribution in [3.05, 3.63) is 29.5 Å². The summed E-state index contributed by atoms with van der Waals surface area (Å²) < 4.78 is 12.5. The van der Waals surface area contributed by atoms with Crippen LogP contribution < -0.4 is 20.5 Å². The number of primary amides is 1. The standard InChI is InChI=1S/C19H28N4O3/c1-11(2)23-17(10-16(22-23)19(3,4)5)21-13-9-15(26-7)14(25-6)8-12(13)18(20)24/h8-11,21H,1-7H3,(H2,20,24). The smallest absolute Gasteiger partial charge is 0.250 e. The number of benzene rings is 1. The molecular weight excluding hydrogens is 332 g/mol. The van der Waals surface area contributed by atoms with Gasteiger partial charge < -0.3 is 20.5 Å². The Hall–Kier alpha value is -2.70. The number of amides is 1. The van der Waals surface area contributed by atoms with E-state index in [4.69, 9.17) is 20.3 Å². The van der Waals surface area contributed by atoms with E-state index in [9.17, 15) is 4.79 Å². The van der Waals surface area contributed by atoms with Crippen LogP contribution in [-0.4, -0.2) is 29.9 Å². The van der Waals surface area contributed by atoms with Crippen LogP contribution in [0.3, 0.4) is 0 Å². The van der Waals surface area contributed by atoms with Crippen LogP contribution in [0.1, 0.15) is 56.7 Å². The Morgan fingerprint density at radius 3 is 2.19 bits per heavy atom. The SMILES string of the molecule is COc1cc(Nc2cc(C(C)(C)C)nn2C(C)C)c(C(N)=O)cc1OC. The lowest BCUT2D eigenvalue weighted by molar-refractivity contribution is 0.100. The largest absolute Gasteiger partial charge is 0.493 e. The predicted molar refractivity (Wildman–Crippen MR) is 103 cm³/mol. The summed E-state index contributed by atoms with van der Waals surface area (Å²) in [6, 6.07) is 5.41. The number of ether oxygens (including phenoxy) is 2. The second-order valence-corrected chi connectivity index (χ2v) is 7.45. The molecule has 3 N–H and O–H groups in total. The quantitative estimate of drug-likeness (QED) is 0.821. The van der Waals surface area contributed by atoms with Gasteiger partial charge in [0.05, 0.1) is 31.2 Å². The second-order valence-electron chi connectivity index (χ2n) is 7.45. The highest BCUT2D eigenvalue weighted by molar-refractivity contribution is 6.00. The summed E-state index contributed by atoms with van der Waals surface area (Å²) in [6.07, 6.45) is 0. The zero-order valence-electron chi connectivity index (χ0n) is 16.5. The van der Waals surface area contributed by atoms with Crippen molar-refractivity contribution in [3.63, 3.8) is 0 Å². The maximum atomic E-state index is 11.9. The van der Waals surface area contributed by atoms with Gasteiger partial charge in [0.2, 0.25) is 0 Å². The summed E-state index contributed by atoms with van der Waals surface area (Å²) in [6.45, 7) is 10.4. The second kappa shape index (κ2) is 7.27. The third kappa shape index (κ3) is 3.92. The molecule has 0 aliphatic heterocycles. The minimum absolute atomic E-state index is 0.0965. The number of nitrogens with zero attached hydrogens (tertiary/aromatic N) is 2. The molecule has 1 aromatic carbocycles. The molecule has 7 nitrogen and oxygen atoms in total. The van der Waals surface area contributed by atoms with Gasteiger partial charge in [-0.1, -0.05) is 20.8 Å². The molecular formula is C19H28N4O3. The highest BCUT2D eigenvalue weighted by Gasteiger charge is 2.22. The Kier molecular flexibility index (Phi) is 5.49. The van der Waals surface area contributed by atoms with Crippen LogP contribution in [-0.2, 0) is 5.41 Å². The number of nitrogens with two attached hydrogens (primary N) is 1. The third-order valence-corrected chi connectivity index (χ3v) is 4.05. The van der Waals surface area contributed by atoms with E-state index < -0.39 is 5.91 Å². The number of aromatic nitrogens is 2. The van der Waals surface area contributed by atoms with E-state index in [0.29, 0.717) is 22.7 Å². The van der Waals surface area contributed by atoms with E-state index in [0.717, 1.165) is 11.5 Å². The molecule has 7 heteroatoms. The number of methoxy groups -OCH3 is 2. The summed E-state index contributed by atoms with van der Waals surface area (Å²) in [7, 11) is 3.06. The number of anilines is 2. The van der Waals surface area contributed by atoms with E-state index in [1.807, 2.05) is 24.6 Å². The van der Waals surface area contributed by atoms with Gasteiger partial charge in [-0.05, 0) is 19.9 Å². The molecule has 0 aliphatic carbocycles. The van der Waals surface area contributed by atoms with Gasteiger partial charge in [-0.25, -0.2) is 4.68 Å².